The molecule has 0 aromatic carbocycles. The lowest BCUT2D eigenvalue weighted by Gasteiger charge is -1.87. The third-order valence-electron chi connectivity index (χ3n) is 0.565. The van der Waals surface area contributed by atoms with Gasteiger partial charge in [0.05, 0.1) is 11.8 Å². The highest BCUT2D eigenvalue weighted by atomic mass is 79.9. The second-order valence-corrected chi connectivity index (χ2v) is 3.30. The van der Waals surface area contributed by atoms with Gasteiger partial charge in [0, 0.05) is 6.08 Å². The molecule has 4 heteroatoms. The van der Waals surface area contributed by atoms with Gasteiger partial charge < -0.3 is 4.74 Å². The second kappa shape index (κ2) is 6.16. The van der Waals surface area contributed by atoms with Gasteiger partial charge in [-0.05, 0) is 5.41 Å². The summed E-state index contributed by atoms with van der Waals surface area (Å²) in [7, 11) is 1.35. The number of halogens is 1. The number of hydrogen-bond acceptors (Lipinski definition) is 3. The van der Waals surface area contributed by atoms with Crippen LogP contribution in [-0.2, 0) is 9.53 Å². The summed E-state index contributed by atoms with van der Waals surface area (Å²) in [4.78, 5) is 10.3. The molecule has 52 valence electrons. The average Bonchev–Trinajstić information content (AvgIpc) is 1.89. The first-order valence-corrected chi connectivity index (χ1v) is 4.40. The SMILES string of the molecule is COC(=O)/C=C/SCBr. The maximum Gasteiger partial charge on any atom is 0.330 e. The highest BCUT2D eigenvalue weighted by Gasteiger charge is 1.87. The molecule has 0 radical (unpaired) electrons. The van der Waals surface area contributed by atoms with E-state index in [-0.39, 0.29) is 5.97 Å². The van der Waals surface area contributed by atoms with Crippen LogP contribution >= 0.6 is 27.7 Å². The number of hydrogen-bond donors (Lipinski definition) is 0. The maximum atomic E-state index is 10.3. The minimum Gasteiger partial charge on any atom is -0.466 e. The molecular weight excluding hydrogens is 204 g/mol. The summed E-state index contributed by atoms with van der Waals surface area (Å²) >= 11 is 4.67. The smallest absolute Gasteiger partial charge is 0.330 e. The van der Waals surface area contributed by atoms with Gasteiger partial charge in [-0.1, -0.05) is 15.9 Å². The highest BCUT2D eigenvalue weighted by molar-refractivity contribution is 9.11. The summed E-state index contributed by atoms with van der Waals surface area (Å²) < 4.78 is 5.13. The van der Waals surface area contributed by atoms with Crippen molar-refractivity contribution in [3.63, 3.8) is 0 Å². The zero-order chi connectivity index (χ0) is 7.11. The van der Waals surface area contributed by atoms with Gasteiger partial charge in [-0.15, -0.1) is 11.8 Å². The third-order valence-corrected chi connectivity index (χ3v) is 1.81. The second-order valence-electron chi connectivity index (χ2n) is 1.10. The molecule has 0 bridgehead atoms. The molecule has 2 nitrogen and oxygen atoms in total. The largest absolute Gasteiger partial charge is 0.466 e. The molecule has 0 saturated heterocycles. The first-order chi connectivity index (χ1) is 4.31. The summed E-state index contributed by atoms with van der Waals surface area (Å²) in [5, 5.41) is 1.68. The number of thioether (sulfide) groups is 1. The fourth-order valence-corrected chi connectivity index (χ4v) is 0.946. The van der Waals surface area contributed by atoms with E-state index in [1.54, 1.807) is 5.41 Å². The lowest BCUT2D eigenvalue weighted by atomic mass is 10.7. The Hall–Kier alpha value is 0.0400. The summed E-state index contributed by atoms with van der Waals surface area (Å²) in [6.07, 6.45) is 1.38. The van der Waals surface area contributed by atoms with Crippen molar-refractivity contribution in [1.29, 1.82) is 0 Å². The van der Waals surface area contributed by atoms with Crippen LogP contribution in [-0.4, -0.2) is 17.7 Å². The fraction of sp³-hybridized carbons (Fsp3) is 0.400. The van der Waals surface area contributed by atoms with Gasteiger partial charge in [0.2, 0.25) is 0 Å². The Labute approximate surface area is 66.8 Å². The van der Waals surface area contributed by atoms with Gasteiger partial charge in [0.25, 0.3) is 0 Å². The Kier molecular flexibility index (Phi) is 6.19. The Balaban J connectivity index is 3.32. The van der Waals surface area contributed by atoms with E-state index < -0.39 is 0 Å². The molecule has 0 aliphatic heterocycles. The number of esters is 1. The molecule has 0 fully saturated rings. The summed E-state index contributed by atoms with van der Waals surface area (Å²) in [6, 6.07) is 0. The molecule has 0 heterocycles. The van der Waals surface area contributed by atoms with Gasteiger partial charge in [0.1, 0.15) is 0 Å². The fourth-order valence-electron chi connectivity index (χ4n) is 0.208. The maximum absolute atomic E-state index is 10.3. The molecule has 0 aromatic rings. The molecule has 0 aliphatic carbocycles. The average molecular weight is 211 g/mol. The van der Waals surface area contributed by atoms with Crippen molar-refractivity contribution >= 4 is 33.7 Å². The lowest BCUT2D eigenvalue weighted by molar-refractivity contribution is -0.134. The highest BCUT2D eigenvalue weighted by Crippen LogP contribution is 2.04. The first kappa shape index (κ1) is 9.04. The van der Waals surface area contributed by atoms with Crippen molar-refractivity contribution < 1.29 is 9.53 Å². The van der Waals surface area contributed by atoms with Crippen molar-refractivity contribution in [2.75, 3.05) is 11.8 Å². The van der Waals surface area contributed by atoms with Gasteiger partial charge in [-0.3, -0.25) is 0 Å². The van der Waals surface area contributed by atoms with Gasteiger partial charge in [0.15, 0.2) is 0 Å². The Morgan fingerprint density at radius 1 is 1.89 bits per heavy atom. The first-order valence-electron chi connectivity index (χ1n) is 2.23. The topological polar surface area (TPSA) is 26.3 Å². The van der Waals surface area contributed by atoms with Crippen LogP contribution in [0.1, 0.15) is 0 Å². The number of rotatable bonds is 3. The van der Waals surface area contributed by atoms with Crippen LogP contribution in [0.4, 0.5) is 0 Å². The molecule has 9 heavy (non-hydrogen) atoms. The Morgan fingerprint density at radius 3 is 3.00 bits per heavy atom. The molecule has 0 spiro atoms. The molecule has 0 saturated carbocycles. The monoisotopic (exact) mass is 210 g/mol. The van der Waals surface area contributed by atoms with E-state index in [0.717, 1.165) is 4.66 Å². The van der Waals surface area contributed by atoms with Crippen molar-refractivity contribution in [3.8, 4) is 0 Å². The van der Waals surface area contributed by atoms with Crippen LogP contribution in [0, 0.1) is 0 Å². The standard InChI is InChI=1S/C5H7BrO2S/c1-8-5(7)2-3-9-4-6/h2-3H,4H2,1H3/b3-2+. The lowest BCUT2D eigenvalue weighted by Crippen LogP contribution is -1.92. The van der Waals surface area contributed by atoms with E-state index in [1.807, 2.05) is 0 Å². The van der Waals surface area contributed by atoms with E-state index in [2.05, 4.69) is 20.7 Å². The zero-order valence-electron chi connectivity index (χ0n) is 4.96. The van der Waals surface area contributed by atoms with E-state index in [1.165, 1.54) is 24.9 Å². The van der Waals surface area contributed by atoms with Crippen molar-refractivity contribution in [1.82, 2.24) is 0 Å². The number of alkyl halides is 1. The molecule has 0 atom stereocenters. The quantitative estimate of drug-likeness (QED) is 0.404. The van der Waals surface area contributed by atoms with Crippen LogP contribution in [0.2, 0.25) is 0 Å². The summed E-state index contributed by atoms with van der Waals surface area (Å²) in [6.45, 7) is 0. The van der Waals surface area contributed by atoms with Crippen LogP contribution in [0.5, 0.6) is 0 Å². The van der Waals surface area contributed by atoms with Crippen LogP contribution < -0.4 is 0 Å². The van der Waals surface area contributed by atoms with Crippen molar-refractivity contribution in [2.24, 2.45) is 0 Å². The van der Waals surface area contributed by atoms with Gasteiger partial charge in [-0.25, -0.2) is 4.79 Å². The van der Waals surface area contributed by atoms with Crippen molar-refractivity contribution in [3.05, 3.63) is 11.5 Å². The van der Waals surface area contributed by atoms with Crippen LogP contribution in [0.3, 0.4) is 0 Å². The Bertz CT molecular complexity index is 114. The molecule has 0 amide bonds. The van der Waals surface area contributed by atoms with Gasteiger partial charge >= 0.3 is 5.97 Å². The van der Waals surface area contributed by atoms with Gasteiger partial charge in [-0.2, -0.15) is 0 Å². The Morgan fingerprint density at radius 2 is 2.56 bits per heavy atom. The zero-order valence-corrected chi connectivity index (χ0v) is 7.37. The molecule has 0 aromatic heterocycles. The number of methoxy groups -OCH3 is 1. The molecule has 0 unspecified atom stereocenters. The normalized spacial score (nSPS) is 10.0. The minimum absolute atomic E-state index is 0.316. The predicted molar refractivity (Wildman–Crippen MR) is 42.5 cm³/mol. The molecule has 0 N–H and O–H groups in total. The number of carbonyl (C=O) groups is 1. The van der Waals surface area contributed by atoms with E-state index in [4.69, 9.17) is 0 Å². The molecular formula is C5H7BrO2S. The van der Waals surface area contributed by atoms with E-state index in [9.17, 15) is 4.79 Å². The minimum atomic E-state index is -0.316. The van der Waals surface area contributed by atoms with E-state index in [0.29, 0.717) is 0 Å². The van der Waals surface area contributed by atoms with Crippen LogP contribution in [0.15, 0.2) is 11.5 Å². The number of ether oxygens (including phenoxy) is 1. The van der Waals surface area contributed by atoms with Crippen LogP contribution in [0.25, 0.3) is 0 Å². The van der Waals surface area contributed by atoms with Crippen molar-refractivity contribution in [2.45, 2.75) is 0 Å². The third kappa shape index (κ3) is 5.92. The molecule has 0 aliphatic rings. The van der Waals surface area contributed by atoms with E-state index >= 15 is 0 Å². The summed E-state index contributed by atoms with van der Waals surface area (Å²) in [5.41, 5.74) is 0. The number of carbonyl (C=O) groups excluding carboxylic acids is 1. The molecule has 0 rings (SSSR count). The predicted octanol–water partition coefficient (Wildman–Crippen LogP) is 1.76. The summed E-state index contributed by atoms with van der Waals surface area (Å²) in [5.74, 6) is -0.316.